The summed E-state index contributed by atoms with van der Waals surface area (Å²) in [5, 5.41) is 0. The molecule has 0 N–H and O–H groups in total. The molecule has 1 aromatic carbocycles. The third-order valence-corrected chi connectivity index (χ3v) is 2.83. The summed E-state index contributed by atoms with van der Waals surface area (Å²) in [6, 6.07) is 11.4. The van der Waals surface area contributed by atoms with Gasteiger partial charge in [-0.3, -0.25) is 9.78 Å². The van der Waals surface area contributed by atoms with Crippen molar-refractivity contribution in [2.75, 3.05) is 6.61 Å². The lowest BCUT2D eigenvalue weighted by Crippen LogP contribution is -2.16. The number of rotatable bonds is 5. The van der Waals surface area contributed by atoms with Gasteiger partial charge in [0.1, 0.15) is 6.10 Å². The van der Waals surface area contributed by atoms with Crippen molar-refractivity contribution >= 4 is 5.78 Å². The molecule has 3 nitrogen and oxygen atoms in total. The van der Waals surface area contributed by atoms with Crippen molar-refractivity contribution in [2.24, 2.45) is 0 Å². The van der Waals surface area contributed by atoms with Gasteiger partial charge >= 0.3 is 0 Å². The Hall–Kier alpha value is -2.00. The number of ether oxygens (including phenoxy) is 1. The fourth-order valence-corrected chi connectivity index (χ4v) is 1.96. The van der Waals surface area contributed by atoms with Gasteiger partial charge in [-0.2, -0.15) is 0 Å². The quantitative estimate of drug-likeness (QED) is 0.769. The average Bonchev–Trinajstić information content (AvgIpc) is 2.45. The molecule has 0 fully saturated rings. The molecule has 0 amide bonds. The molecule has 0 aliphatic heterocycles. The molecule has 3 heteroatoms. The van der Waals surface area contributed by atoms with Crippen LogP contribution in [-0.4, -0.2) is 17.4 Å². The molecule has 1 heterocycles. The van der Waals surface area contributed by atoms with Crippen LogP contribution in [0.25, 0.3) is 0 Å². The Morgan fingerprint density at radius 1 is 1.26 bits per heavy atom. The average molecular weight is 255 g/mol. The van der Waals surface area contributed by atoms with Crippen LogP contribution in [-0.2, 0) is 4.74 Å². The maximum atomic E-state index is 12.5. The van der Waals surface area contributed by atoms with Gasteiger partial charge in [0.25, 0.3) is 0 Å². The SMILES string of the molecule is CCOC(C(=O)c1cncc(C)c1)c1ccccc1. The minimum Gasteiger partial charge on any atom is -0.366 e. The van der Waals surface area contributed by atoms with Crippen LogP contribution in [0.2, 0.25) is 0 Å². The minimum atomic E-state index is -0.560. The Morgan fingerprint density at radius 2 is 2.00 bits per heavy atom. The molecular formula is C16H17NO2. The molecule has 0 aliphatic rings. The number of pyridine rings is 1. The van der Waals surface area contributed by atoms with Crippen molar-refractivity contribution in [2.45, 2.75) is 20.0 Å². The van der Waals surface area contributed by atoms with Crippen LogP contribution in [0.3, 0.4) is 0 Å². The summed E-state index contributed by atoms with van der Waals surface area (Å²) in [6.45, 7) is 4.30. The molecule has 0 bridgehead atoms. The molecule has 2 rings (SSSR count). The van der Waals surface area contributed by atoms with Gasteiger partial charge in [-0.1, -0.05) is 30.3 Å². The number of hydrogen-bond acceptors (Lipinski definition) is 3. The summed E-state index contributed by atoms with van der Waals surface area (Å²) >= 11 is 0. The van der Waals surface area contributed by atoms with Crippen LogP contribution >= 0.6 is 0 Å². The van der Waals surface area contributed by atoms with Crippen molar-refractivity contribution in [3.8, 4) is 0 Å². The second-order valence-corrected chi connectivity index (χ2v) is 4.36. The minimum absolute atomic E-state index is 0.0516. The number of ketones is 1. The zero-order valence-electron chi connectivity index (χ0n) is 11.2. The number of aromatic nitrogens is 1. The molecule has 0 saturated carbocycles. The van der Waals surface area contributed by atoms with Gasteiger partial charge in [0.2, 0.25) is 0 Å². The van der Waals surface area contributed by atoms with E-state index in [9.17, 15) is 4.79 Å². The summed E-state index contributed by atoms with van der Waals surface area (Å²) in [6.07, 6.45) is 2.76. The fraction of sp³-hybridized carbons (Fsp3) is 0.250. The second-order valence-electron chi connectivity index (χ2n) is 4.36. The van der Waals surface area contributed by atoms with E-state index in [1.165, 1.54) is 0 Å². The first-order valence-electron chi connectivity index (χ1n) is 6.34. The first-order valence-corrected chi connectivity index (χ1v) is 6.34. The standard InChI is InChI=1S/C16H17NO2/c1-3-19-16(13-7-5-4-6-8-13)15(18)14-9-12(2)10-17-11-14/h4-11,16H,3H2,1-2H3. The Labute approximate surface area is 113 Å². The Morgan fingerprint density at radius 3 is 2.63 bits per heavy atom. The van der Waals surface area contributed by atoms with E-state index in [0.29, 0.717) is 12.2 Å². The van der Waals surface area contributed by atoms with Crippen LogP contribution in [0, 0.1) is 6.92 Å². The molecule has 0 aliphatic carbocycles. The number of hydrogen-bond donors (Lipinski definition) is 0. The topological polar surface area (TPSA) is 39.2 Å². The van der Waals surface area contributed by atoms with E-state index < -0.39 is 6.10 Å². The van der Waals surface area contributed by atoms with Gasteiger partial charge in [-0.25, -0.2) is 0 Å². The van der Waals surface area contributed by atoms with Crippen LogP contribution in [0.1, 0.15) is 34.5 Å². The van der Waals surface area contributed by atoms with Crippen LogP contribution in [0.4, 0.5) is 0 Å². The van der Waals surface area contributed by atoms with Gasteiger partial charge in [-0.05, 0) is 31.0 Å². The predicted molar refractivity (Wildman–Crippen MR) is 74.1 cm³/mol. The molecule has 19 heavy (non-hydrogen) atoms. The highest BCUT2D eigenvalue weighted by Crippen LogP contribution is 2.22. The zero-order valence-corrected chi connectivity index (χ0v) is 11.2. The van der Waals surface area contributed by atoms with Crippen molar-refractivity contribution in [3.05, 3.63) is 65.5 Å². The highest BCUT2D eigenvalue weighted by Gasteiger charge is 2.22. The molecule has 98 valence electrons. The van der Waals surface area contributed by atoms with Crippen molar-refractivity contribution < 1.29 is 9.53 Å². The van der Waals surface area contributed by atoms with Gasteiger partial charge in [0, 0.05) is 24.6 Å². The lowest BCUT2D eigenvalue weighted by molar-refractivity contribution is 0.0452. The first kappa shape index (κ1) is 13.4. The number of aryl methyl sites for hydroxylation is 1. The maximum Gasteiger partial charge on any atom is 0.197 e. The molecule has 1 unspecified atom stereocenters. The summed E-state index contributed by atoms with van der Waals surface area (Å²) < 4.78 is 5.61. The van der Waals surface area contributed by atoms with Crippen molar-refractivity contribution in [1.29, 1.82) is 0 Å². The predicted octanol–water partition coefficient (Wildman–Crippen LogP) is 3.35. The summed E-state index contributed by atoms with van der Waals surface area (Å²) in [4.78, 5) is 16.6. The van der Waals surface area contributed by atoms with E-state index in [-0.39, 0.29) is 5.78 Å². The van der Waals surface area contributed by atoms with Crippen molar-refractivity contribution in [1.82, 2.24) is 4.98 Å². The lowest BCUT2D eigenvalue weighted by Gasteiger charge is -2.16. The Bertz CT molecular complexity index is 552. The van der Waals surface area contributed by atoms with E-state index in [1.807, 2.05) is 50.2 Å². The zero-order chi connectivity index (χ0) is 13.7. The molecule has 2 aromatic rings. The number of nitrogens with zero attached hydrogens (tertiary/aromatic N) is 1. The highest BCUT2D eigenvalue weighted by atomic mass is 16.5. The fourth-order valence-electron chi connectivity index (χ4n) is 1.96. The largest absolute Gasteiger partial charge is 0.366 e. The van der Waals surface area contributed by atoms with E-state index in [1.54, 1.807) is 12.4 Å². The second kappa shape index (κ2) is 6.25. The van der Waals surface area contributed by atoms with Crippen LogP contribution < -0.4 is 0 Å². The Kier molecular flexibility index (Phi) is 4.42. The molecule has 1 aromatic heterocycles. The monoisotopic (exact) mass is 255 g/mol. The third-order valence-electron chi connectivity index (χ3n) is 2.83. The smallest absolute Gasteiger partial charge is 0.197 e. The van der Waals surface area contributed by atoms with Crippen LogP contribution in [0.5, 0.6) is 0 Å². The number of Topliss-reactive ketones (excluding diaryl/α,β-unsaturated/α-hetero) is 1. The van der Waals surface area contributed by atoms with E-state index in [0.717, 1.165) is 11.1 Å². The number of benzene rings is 1. The Balaban J connectivity index is 2.32. The van der Waals surface area contributed by atoms with Gasteiger partial charge in [0.15, 0.2) is 5.78 Å². The van der Waals surface area contributed by atoms with E-state index in [4.69, 9.17) is 4.74 Å². The van der Waals surface area contributed by atoms with Crippen molar-refractivity contribution in [3.63, 3.8) is 0 Å². The summed E-state index contributed by atoms with van der Waals surface area (Å²) in [5.41, 5.74) is 2.42. The molecule has 0 spiro atoms. The number of carbonyl (C=O) groups excluding carboxylic acids is 1. The summed E-state index contributed by atoms with van der Waals surface area (Å²) in [7, 11) is 0. The van der Waals surface area contributed by atoms with E-state index in [2.05, 4.69) is 4.98 Å². The van der Waals surface area contributed by atoms with Gasteiger partial charge in [0.05, 0.1) is 0 Å². The molecule has 0 saturated heterocycles. The highest BCUT2D eigenvalue weighted by molar-refractivity contribution is 5.99. The molecule has 0 radical (unpaired) electrons. The van der Waals surface area contributed by atoms with E-state index >= 15 is 0 Å². The number of carbonyl (C=O) groups is 1. The molecular weight excluding hydrogens is 238 g/mol. The molecule has 1 atom stereocenters. The van der Waals surface area contributed by atoms with Gasteiger partial charge in [-0.15, -0.1) is 0 Å². The van der Waals surface area contributed by atoms with Gasteiger partial charge < -0.3 is 4.74 Å². The normalized spacial score (nSPS) is 12.1. The first-order chi connectivity index (χ1) is 9.22. The van der Waals surface area contributed by atoms with Crippen LogP contribution in [0.15, 0.2) is 48.8 Å². The lowest BCUT2D eigenvalue weighted by atomic mass is 10.0. The maximum absolute atomic E-state index is 12.5. The summed E-state index contributed by atoms with van der Waals surface area (Å²) in [5.74, 6) is -0.0516. The third kappa shape index (κ3) is 3.26.